The fraction of sp³-hybridized carbons (Fsp3) is 0.900. The Morgan fingerprint density at radius 2 is 1.87 bits per heavy atom. The molecular weight excluding hydrogens is 194 g/mol. The Labute approximate surface area is 92.0 Å². The minimum atomic E-state index is -0.809. The second kappa shape index (κ2) is 6.05. The van der Waals surface area contributed by atoms with Crippen molar-refractivity contribution in [1.82, 2.24) is 15.1 Å². The van der Waals surface area contributed by atoms with Crippen molar-refractivity contribution in [2.45, 2.75) is 12.5 Å². The zero-order chi connectivity index (χ0) is 12.1. The molecule has 0 rings (SSSR count). The maximum atomic E-state index is 11.2. The van der Waals surface area contributed by atoms with Crippen LogP contribution in [0.5, 0.6) is 0 Å². The normalized spacial score (nSPS) is 15.1. The largest absolute Gasteiger partial charge is 0.388 e. The number of hydrogen-bond acceptors (Lipinski definition) is 4. The first-order valence-electron chi connectivity index (χ1n) is 5.02. The third-order valence-corrected chi connectivity index (χ3v) is 1.94. The second-order valence-corrected chi connectivity index (χ2v) is 4.63. The van der Waals surface area contributed by atoms with E-state index in [0.29, 0.717) is 13.1 Å². The van der Waals surface area contributed by atoms with Crippen molar-refractivity contribution in [2.24, 2.45) is 0 Å². The number of nitrogens with zero attached hydrogens (tertiary/aromatic N) is 2. The quantitative estimate of drug-likeness (QED) is 0.598. The molecule has 0 aliphatic carbocycles. The van der Waals surface area contributed by atoms with E-state index < -0.39 is 5.60 Å². The van der Waals surface area contributed by atoms with Crippen LogP contribution in [0.15, 0.2) is 0 Å². The summed E-state index contributed by atoms with van der Waals surface area (Å²) in [5, 5.41) is 12.9. The Bertz CT molecular complexity index is 203. The van der Waals surface area contributed by atoms with Gasteiger partial charge in [0.05, 0.1) is 12.1 Å². The molecule has 0 heterocycles. The molecule has 1 unspecified atom stereocenters. The Hall–Kier alpha value is -0.650. The van der Waals surface area contributed by atoms with Crippen molar-refractivity contribution >= 4 is 5.91 Å². The van der Waals surface area contributed by atoms with E-state index in [4.69, 9.17) is 0 Å². The molecule has 1 amide bonds. The van der Waals surface area contributed by atoms with Crippen LogP contribution in [0, 0.1) is 0 Å². The van der Waals surface area contributed by atoms with Gasteiger partial charge in [0, 0.05) is 27.2 Å². The van der Waals surface area contributed by atoms with Crippen LogP contribution in [0.1, 0.15) is 6.92 Å². The van der Waals surface area contributed by atoms with E-state index in [1.165, 1.54) is 4.90 Å². The van der Waals surface area contributed by atoms with Gasteiger partial charge in [0.25, 0.3) is 0 Å². The fourth-order valence-corrected chi connectivity index (χ4v) is 1.33. The van der Waals surface area contributed by atoms with Crippen LogP contribution in [-0.2, 0) is 4.79 Å². The third-order valence-electron chi connectivity index (χ3n) is 1.94. The molecule has 2 N–H and O–H groups in total. The highest BCUT2D eigenvalue weighted by atomic mass is 16.3. The molecule has 0 aromatic heterocycles. The second-order valence-electron chi connectivity index (χ2n) is 4.63. The van der Waals surface area contributed by atoms with Crippen molar-refractivity contribution < 1.29 is 9.90 Å². The Morgan fingerprint density at radius 1 is 1.33 bits per heavy atom. The molecule has 0 bridgehead atoms. The highest BCUT2D eigenvalue weighted by Crippen LogP contribution is 2.01. The lowest BCUT2D eigenvalue weighted by molar-refractivity contribution is -0.127. The smallest absolute Gasteiger partial charge is 0.236 e. The molecule has 0 fully saturated rings. The van der Waals surface area contributed by atoms with Crippen molar-refractivity contribution in [1.29, 1.82) is 0 Å². The van der Waals surface area contributed by atoms with Crippen molar-refractivity contribution in [3.05, 3.63) is 0 Å². The van der Waals surface area contributed by atoms with Gasteiger partial charge in [-0.05, 0) is 21.0 Å². The summed E-state index contributed by atoms with van der Waals surface area (Å²) in [6.45, 7) is 2.98. The van der Waals surface area contributed by atoms with Gasteiger partial charge in [-0.15, -0.1) is 0 Å². The van der Waals surface area contributed by atoms with E-state index in [1.54, 1.807) is 21.0 Å². The maximum absolute atomic E-state index is 11.2. The molecular formula is C10H23N3O2. The summed E-state index contributed by atoms with van der Waals surface area (Å²) >= 11 is 0. The molecule has 90 valence electrons. The number of hydrogen-bond donors (Lipinski definition) is 2. The fourth-order valence-electron chi connectivity index (χ4n) is 1.33. The van der Waals surface area contributed by atoms with Crippen molar-refractivity contribution in [2.75, 3.05) is 47.8 Å². The first-order valence-corrected chi connectivity index (χ1v) is 5.02. The number of amides is 1. The molecule has 0 radical (unpaired) electrons. The lowest BCUT2D eigenvalue weighted by atomic mass is 10.1. The molecule has 0 aromatic carbocycles. The van der Waals surface area contributed by atoms with E-state index in [2.05, 4.69) is 5.32 Å². The molecule has 5 nitrogen and oxygen atoms in total. The lowest BCUT2D eigenvalue weighted by Gasteiger charge is -2.27. The van der Waals surface area contributed by atoms with Gasteiger partial charge in [0.15, 0.2) is 0 Å². The van der Waals surface area contributed by atoms with E-state index in [1.807, 2.05) is 19.0 Å². The Kier molecular flexibility index (Phi) is 5.79. The van der Waals surface area contributed by atoms with E-state index in [-0.39, 0.29) is 12.5 Å². The topological polar surface area (TPSA) is 55.8 Å². The molecule has 0 aliphatic rings. The first kappa shape index (κ1) is 14.3. The average Bonchev–Trinajstić information content (AvgIpc) is 2.00. The minimum absolute atomic E-state index is 0.00986. The van der Waals surface area contributed by atoms with Crippen molar-refractivity contribution in [3.8, 4) is 0 Å². The first-order chi connectivity index (χ1) is 6.74. The van der Waals surface area contributed by atoms with Gasteiger partial charge in [0.1, 0.15) is 0 Å². The van der Waals surface area contributed by atoms with Gasteiger partial charge in [0.2, 0.25) is 5.91 Å². The van der Waals surface area contributed by atoms with Gasteiger partial charge in [-0.1, -0.05) is 0 Å². The van der Waals surface area contributed by atoms with Crippen LogP contribution < -0.4 is 5.32 Å². The molecule has 0 saturated heterocycles. The van der Waals surface area contributed by atoms with Crippen LogP contribution in [0.25, 0.3) is 0 Å². The summed E-state index contributed by atoms with van der Waals surface area (Å²) in [5.41, 5.74) is -0.809. The standard InChI is InChI=1S/C10H23N3O2/c1-10(15,8-12(2)3)7-11-6-9(14)13(4)5/h11,15H,6-8H2,1-5H3. The number of carbonyl (C=O) groups excluding carboxylic acids is 1. The molecule has 0 saturated carbocycles. The monoisotopic (exact) mass is 217 g/mol. The number of rotatable bonds is 6. The molecule has 0 aliphatic heterocycles. The molecule has 5 heteroatoms. The average molecular weight is 217 g/mol. The summed E-state index contributed by atoms with van der Waals surface area (Å²) in [6.07, 6.45) is 0. The van der Waals surface area contributed by atoms with E-state index in [0.717, 1.165) is 0 Å². The third kappa shape index (κ3) is 7.30. The number of nitrogens with one attached hydrogen (secondary N) is 1. The summed E-state index contributed by atoms with van der Waals surface area (Å²) < 4.78 is 0. The number of carbonyl (C=O) groups is 1. The molecule has 15 heavy (non-hydrogen) atoms. The summed E-state index contributed by atoms with van der Waals surface area (Å²) in [5.74, 6) is 0.00986. The van der Waals surface area contributed by atoms with Crippen LogP contribution >= 0.6 is 0 Å². The summed E-state index contributed by atoms with van der Waals surface area (Å²) in [6, 6.07) is 0. The van der Waals surface area contributed by atoms with Gasteiger partial charge < -0.3 is 20.2 Å². The highest BCUT2D eigenvalue weighted by molar-refractivity contribution is 5.77. The summed E-state index contributed by atoms with van der Waals surface area (Å²) in [7, 11) is 7.23. The van der Waals surface area contributed by atoms with Gasteiger partial charge in [-0.25, -0.2) is 0 Å². The molecule has 0 aromatic rings. The predicted octanol–water partition coefficient (Wildman–Crippen LogP) is -1.02. The Morgan fingerprint density at radius 3 is 2.27 bits per heavy atom. The van der Waals surface area contributed by atoms with Crippen molar-refractivity contribution in [3.63, 3.8) is 0 Å². The predicted molar refractivity (Wildman–Crippen MR) is 60.7 cm³/mol. The molecule has 1 atom stereocenters. The van der Waals surface area contributed by atoms with Crippen LogP contribution in [0.4, 0.5) is 0 Å². The van der Waals surface area contributed by atoms with Crippen LogP contribution in [0.2, 0.25) is 0 Å². The number of likely N-dealkylation sites (N-methyl/N-ethyl adjacent to an activating group) is 2. The van der Waals surface area contributed by atoms with Gasteiger partial charge in [-0.2, -0.15) is 0 Å². The van der Waals surface area contributed by atoms with E-state index in [9.17, 15) is 9.90 Å². The SMILES string of the molecule is CN(C)CC(C)(O)CNCC(=O)N(C)C. The van der Waals surface area contributed by atoms with Crippen LogP contribution in [0.3, 0.4) is 0 Å². The van der Waals surface area contributed by atoms with Crippen LogP contribution in [-0.4, -0.2) is 74.2 Å². The summed E-state index contributed by atoms with van der Waals surface area (Å²) in [4.78, 5) is 14.7. The highest BCUT2D eigenvalue weighted by Gasteiger charge is 2.21. The lowest BCUT2D eigenvalue weighted by Crippen LogP contribution is -2.47. The molecule has 0 spiro atoms. The van der Waals surface area contributed by atoms with E-state index >= 15 is 0 Å². The van der Waals surface area contributed by atoms with Gasteiger partial charge in [-0.3, -0.25) is 4.79 Å². The minimum Gasteiger partial charge on any atom is -0.388 e. The van der Waals surface area contributed by atoms with Gasteiger partial charge >= 0.3 is 0 Å². The number of aliphatic hydroxyl groups is 1. The zero-order valence-corrected chi connectivity index (χ0v) is 10.4. The zero-order valence-electron chi connectivity index (χ0n) is 10.4. The Balaban J connectivity index is 3.79. The maximum Gasteiger partial charge on any atom is 0.236 e.